The summed E-state index contributed by atoms with van der Waals surface area (Å²) in [5, 5.41) is 0. The first-order valence-corrected chi connectivity index (χ1v) is 10.2. The Balaban J connectivity index is 2.98. The highest BCUT2D eigenvalue weighted by atomic mass is 32.3. The van der Waals surface area contributed by atoms with E-state index in [2.05, 4.69) is 0 Å². The lowest BCUT2D eigenvalue weighted by molar-refractivity contribution is -0.120. The molecule has 0 aromatic heterocycles. The zero-order chi connectivity index (χ0) is 21.3. The third kappa shape index (κ3) is 5.34. The standard InChI is InChI=1S/C14H19F2NO8S2/c1-13(2,3)12(24-4)25-10-7-5-9(6-8-10)11(18)17-26(19,20)14(15,16)27(21,22)23/h5-8,12H,1-4H3,(H,17,18)(H,21,22,23). The Morgan fingerprint density at radius 1 is 1.11 bits per heavy atom. The number of amides is 1. The molecule has 9 nitrogen and oxygen atoms in total. The summed E-state index contributed by atoms with van der Waals surface area (Å²) in [4.78, 5) is 11.8. The predicted molar refractivity (Wildman–Crippen MR) is 90.2 cm³/mol. The highest BCUT2D eigenvalue weighted by Crippen LogP contribution is 2.28. The van der Waals surface area contributed by atoms with Crippen molar-refractivity contribution in [3.63, 3.8) is 0 Å². The molecule has 27 heavy (non-hydrogen) atoms. The SMILES string of the molecule is COC(Oc1ccc(C(=O)NS(=O)(=O)C(F)(F)S(=O)(=O)O)cc1)C(C)(C)C. The number of sulfonamides is 1. The lowest BCUT2D eigenvalue weighted by atomic mass is 9.96. The maximum Gasteiger partial charge on any atom is 0.489 e. The fraction of sp³-hybridized carbons (Fsp3) is 0.500. The molecule has 0 aliphatic heterocycles. The van der Waals surface area contributed by atoms with Crippen molar-refractivity contribution in [2.24, 2.45) is 5.41 Å². The molecule has 0 aliphatic carbocycles. The van der Waals surface area contributed by atoms with Gasteiger partial charge in [0, 0.05) is 18.1 Å². The van der Waals surface area contributed by atoms with E-state index in [1.807, 2.05) is 20.8 Å². The van der Waals surface area contributed by atoms with Crippen LogP contribution in [0.5, 0.6) is 5.75 Å². The summed E-state index contributed by atoms with van der Waals surface area (Å²) >= 11 is 0. The van der Waals surface area contributed by atoms with Gasteiger partial charge in [-0.05, 0) is 24.3 Å². The van der Waals surface area contributed by atoms with Crippen molar-refractivity contribution in [1.82, 2.24) is 4.72 Å². The van der Waals surface area contributed by atoms with Crippen LogP contribution < -0.4 is 9.46 Å². The van der Waals surface area contributed by atoms with Crippen molar-refractivity contribution in [3.05, 3.63) is 29.8 Å². The summed E-state index contributed by atoms with van der Waals surface area (Å²) in [5.41, 5.74) is -0.762. The number of nitrogens with one attached hydrogen (secondary N) is 1. The van der Waals surface area contributed by atoms with Crippen LogP contribution in [0.1, 0.15) is 31.1 Å². The average molecular weight is 431 g/mol. The van der Waals surface area contributed by atoms with Crippen molar-refractivity contribution < 1.29 is 44.4 Å². The Morgan fingerprint density at radius 3 is 1.96 bits per heavy atom. The third-order valence-electron chi connectivity index (χ3n) is 3.12. The molecule has 1 aromatic rings. The predicted octanol–water partition coefficient (Wildman–Crippen LogP) is 1.58. The van der Waals surface area contributed by atoms with Crippen molar-refractivity contribution in [2.75, 3.05) is 7.11 Å². The Bertz CT molecular complexity index is 890. The van der Waals surface area contributed by atoms with E-state index in [0.717, 1.165) is 16.9 Å². The van der Waals surface area contributed by atoms with Gasteiger partial charge in [0.1, 0.15) is 5.75 Å². The number of ether oxygens (including phenoxy) is 2. The fourth-order valence-electron chi connectivity index (χ4n) is 1.77. The van der Waals surface area contributed by atoms with Gasteiger partial charge in [0.05, 0.1) is 0 Å². The number of benzene rings is 1. The molecule has 1 atom stereocenters. The van der Waals surface area contributed by atoms with Crippen molar-refractivity contribution in [3.8, 4) is 5.75 Å². The van der Waals surface area contributed by atoms with E-state index >= 15 is 0 Å². The van der Waals surface area contributed by atoms with Gasteiger partial charge in [-0.1, -0.05) is 20.8 Å². The topological polar surface area (TPSA) is 136 Å². The zero-order valence-electron chi connectivity index (χ0n) is 14.8. The Labute approximate surface area is 155 Å². The van der Waals surface area contributed by atoms with E-state index in [1.54, 1.807) is 0 Å². The second-order valence-corrected chi connectivity index (χ2v) is 9.89. The van der Waals surface area contributed by atoms with Gasteiger partial charge < -0.3 is 9.47 Å². The monoisotopic (exact) mass is 431 g/mol. The molecule has 154 valence electrons. The summed E-state index contributed by atoms with van der Waals surface area (Å²) in [6.45, 7) is 5.55. The second-order valence-electron chi connectivity index (χ2n) is 6.45. The van der Waals surface area contributed by atoms with Crippen LogP contribution in [-0.4, -0.2) is 45.3 Å². The van der Waals surface area contributed by atoms with E-state index in [-0.39, 0.29) is 16.7 Å². The second kappa shape index (κ2) is 7.66. The van der Waals surface area contributed by atoms with Crippen LogP contribution in [0.2, 0.25) is 0 Å². The van der Waals surface area contributed by atoms with E-state index in [9.17, 15) is 30.4 Å². The fourth-order valence-corrected chi connectivity index (χ4v) is 3.48. The van der Waals surface area contributed by atoms with Gasteiger partial charge in [-0.2, -0.15) is 25.6 Å². The molecule has 0 fully saturated rings. The Morgan fingerprint density at radius 2 is 1.59 bits per heavy atom. The highest BCUT2D eigenvalue weighted by molar-refractivity contribution is 8.06. The smallest absolute Gasteiger partial charge is 0.464 e. The number of halogens is 2. The zero-order valence-corrected chi connectivity index (χ0v) is 16.4. The van der Waals surface area contributed by atoms with Gasteiger partial charge in [-0.3, -0.25) is 9.35 Å². The van der Waals surface area contributed by atoms with Crippen LogP contribution in [-0.2, 0) is 24.9 Å². The van der Waals surface area contributed by atoms with Crippen molar-refractivity contribution in [1.29, 1.82) is 0 Å². The van der Waals surface area contributed by atoms with Crippen LogP contribution in [0.15, 0.2) is 24.3 Å². The van der Waals surface area contributed by atoms with E-state index in [0.29, 0.717) is 0 Å². The maximum absolute atomic E-state index is 13.3. The minimum absolute atomic E-state index is 0.249. The van der Waals surface area contributed by atoms with E-state index in [4.69, 9.17) is 14.0 Å². The van der Waals surface area contributed by atoms with Gasteiger partial charge in [-0.15, -0.1) is 0 Å². The molecular weight excluding hydrogens is 412 g/mol. The van der Waals surface area contributed by atoms with Crippen LogP contribution in [0.25, 0.3) is 0 Å². The quantitative estimate of drug-likeness (QED) is 0.491. The van der Waals surface area contributed by atoms with Crippen LogP contribution >= 0.6 is 0 Å². The number of alkyl halides is 2. The first-order chi connectivity index (χ1) is 12.0. The molecule has 13 heteroatoms. The molecule has 0 radical (unpaired) electrons. The maximum atomic E-state index is 13.3. The molecule has 1 amide bonds. The summed E-state index contributed by atoms with van der Waals surface area (Å²) in [6, 6.07) is 4.67. The highest BCUT2D eigenvalue weighted by Gasteiger charge is 2.58. The number of carbonyl (C=O) groups is 1. The lowest BCUT2D eigenvalue weighted by Crippen LogP contribution is -2.47. The molecule has 1 unspecified atom stereocenters. The van der Waals surface area contributed by atoms with Gasteiger partial charge in [0.25, 0.3) is 5.91 Å². The van der Waals surface area contributed by atoms with Crippen LogP contribution in [0.3, 0.4) is 0 Å². The summed E-state index contributed by atoms with van der Waals surface area (Å²) in [6.07, 6.45) is -0.647. The summed E-state index contributed by atoms with van der Waals surface area (Å²) < 4.78 is 84.7. The Kier molecular flexibility index (Phi) is 6.58. The lowest BCUT2D eigenvalue weighted by Gasteiger charge is -2.29. The largest absolute Gasteiger partial charge is 0.489 e. The first kappa shape index (κ1) is 23.2. The third-order valence-corrected chi connectivity index (χ3v) is 6.09. The number of hydrogen-bond acceptors (Lipinski definition) is 7. The molecule has 0 saturated carbocycles. The minimum Gasteiger partial charge on any atom is -0.464 e. The molecule has 0 saturated heterocycles. The van der Waals surface area contributed by atoms with E-state index < -0.39 is 36.9 Å². The Hall–Kier alpha value is -1.83. The molecule has 0 aliphatic rings. The molecule has 2 N–H and O–H groups in total. The normalized spacial score (nSPS) is 14.5. The first-order valence-electron chi connectivity index (χ1n) is 7.24. The molecule has 0 spiro atoms. The van der Waals surface area contributed by atoms with Crippen LogP contribution in [0.4, 0.5) is 8.78 Å². The number of rotatable bonds is 7. The van der Waals surface area contributed by atoms with Crippen molar-refractivity contribution in [2.45, 2.75) is 31.6 Å². The summed E-state index contributed by atoms with van der Waals surface area (Å²) in [5.74, 6) is -1.27. The van der Waals surface area contributed by atoms with Crippen molar-refractivity contribution >= 4 is 26.0 Å². The van der Waals surface area contributed by atoms with Gasteiger partial charge >= 0.3 is 24.7 Å². The molecule has 0 heterocycles. The van der Waals surface area contributed by atoms with E-state index in [1.165, 1.54) is 19.2 Å². The molecule has 1 rings (SSSR count). The average Bonchev–Trinajstić information content (AvgIpc) is 2.50. The minimum atomic E-state index is -6.29. The number of carbonyl (C=O) groups excluding carboxylic acids is 1. The van der Waals surface area contributed by atoms with Gasteiger partial charge in [-0.25, -0.2) is 4.72 Å². The molecule has 0 bridgehead atoms. The molecule has 1 aromatic carbocycles. The number of hydrogen-bond donors (Lipinski definition) is 2. The van der Waals surface area contributed by atoms with Crippen LogP contribution in [0, 0.1) is 5.41 Å². The molecular formula is C14H19F2NO8S2. The number of methoxy groups -OCH3 is 1. The van der Waals surface area contributed by atoms with Gasteiger partial charge in [0.15, 0.2) is 0 Å². The summed E-state index contributed by atoms with van der Waals surface area (Å²) in [7, 11) is -10.9. The van der Waals surface area contributed by atoms with Gasteiger partial charge in [0.2, 0.25) is 6.29 Å².